The van der Waals surface area contributed by atoms with Gasteiger partial charge in [0.2, 0.25) is 0 Å². The van der Waals surface area contributed by atoms with Crippen molar-refractivity contribution >= 4 is 10.2 Å². The fourth-order valence-electron chi connectivity index (χ4n) is 0.657. The first-order chi connectivity index (χ1) is 5.98. The van der Waals surface area contributed by atoms with E-state index in [1.165, 1.54) is 7.05 Å². The molecule has 6 nitrogen and oxygen atoms in total. The zero-order valence-electron chi connectivity index (χ0n) is 7.87. The van der Waals surface area contributed by atoms with Crippen molar-refractivity contribution in [1.29, 1.82) is 0 Å². The Morgan fingerprint density at radius 1 is 1.38 bits per heavy atom. The SMILES string of the molecule is CNS(=O)(=O)NCCNCC(C)O. The van der Waals surface area contributed by atoms with Crippen molar-refractivity contribution < 1.29 is 13.5 Å². The van der Waals surface area contributed by atoms with Gasteiger partial charge in [-0.25, -0.2) is 9.44 Å². The van der Waals surface area contributed by atoms with Crippen LogP contribution in [0.5, 0.6) is 0 Å². The van der Waals surface area contributed by atoms with E-state index in [1.807, 2.05) is 0 Å². The normalized spacial score (nSPS) is 14.4. The molecule has 0 radical (unpaired) electrons. The van der Waals surface area contributed by atoms with E-state index in [0.717, 1.165) is 0 Å². The van der Waals surface area contributed by atoms with Crippen LogP contribution in [0.4, 0.5) is 0 Å². The minimum Gasteiger partial charge on any atom is -0.392 e. The number of hydrogen-bond donors (Lipinski definition) is 4. The first kappa shape index (κ1) is 12.8. The van der Waals surface area contributed by atoms with Gasteiger partial charge in [0.1, 0.15) is 0 Å². The molecule has 0 aromatic heterocycles. The van der Waals surface area contributed by atoms with Gasteiger partial charge in [-0.3, -0.25) is 0 Å². The van der Waals surface area contributed by atoms with E-state index >= 15 is 0 Å². The molecule has 0 saturated heterocycles. The molecule has 0 rings (SSSR count). The van der Waals surface area contributed by atoms with Crippen LogP contribution < -0.4 is 14.8 Å². The number of rotatable bonds is 7. The first-order valence-corrected chi connectivity index (χ1v) is 5.53. The summed E-state index contributed by atoms with van der Waals surface area (Å²) in [5.41, 5.74) is 0. The zero-order valence-corrected chi connectivity index (χ0v) is 8.69. The predicted octanol–water partition coefficient (Wildman–Crippen LogP) is -1.99. The second-order valence-electron chi connectivity index (χ2n) is 2.66. The van der Waals surface area contributed by atoms with E-state index in [9.17, 15) is 8.42 Å². The van der Waals surface area contributed by atoms with Gasteiger partial charge in [0, 0.05) is 26.7 Å². The molecule has 0 fully saturated rings. The van der Waals surface area contributed by atoms with Gasteiger partial charge in [-0.15, -0.1) is 0 Å². The van der Waals surface area contributed by atoms with E-state index in [4.69, 9.17) is 5.11 Å². The van der Waals surface area contributed by atoms with Crippen molar-refractivity contribution in [2.45, 2.75) is 13.0 Å². The number of hydrogen-bond acceptors (Lipinski definition) is 4. The van der Waals surface area contributed by atoms with Gasteiger partial charge >= 0.3 is 0 Å². The summed E-state index contributed by atoms with van der Waals surface area (Å²) in [5.74, 6) is 0. The van der Waals surface area contributed by atoms with Crippen molar-refractivity contribution in [3.63, 3.8) is 0 Å². The quantitative estimate of drug-likeness (QED) is 0.367. The molecule has 7 heteroatoms. The molecule has 0 amide bonds. The number of aliphatic hydroxyl groups excluding tert-OH is 1. The third kappa shape index (κ3) is 8.13. The molecule has 0 spiro atoms. The van der Waals surface area contributed by atoms with Gasteiger partial charge in [0.15, 0.2) is 0 Å². The molecule has 0 bridgehead atoms. The molecule has 0 aliphatic rings. The van der Waals surface area contributed by atoms with Crippen LogP contribution in [0.2, 0.25) is 0 Å². The van der Waals surface area contributed by atoms with Gasteiger partial charge in [0.25, 0.3) is 10.2 Å². The maximum atomic E-state index is 10.8. The smallest absolute Gasteiger partial charge is 0.276 e. The van der Waals surface area contributed by atoms with Crippen molar-refractivity contribution in [3.05, 3.63) is 0 Å². The third-order valence-corrected chi connectivity index (χ3v) is 2.42. The van der Waals surface area contributed by atoms with Crippen LogP contribution in [0, 0.1) is 0 Å². The first-order valence-electron chi connectivity index (χ1n) is 4.05. The zero-order chi connectivity index (χ0) is 10.3. The standard InChI is InChI=1S/C6H17N3O3S/c1-6(10)5-8-3-4-9-13(11,12)7-2/h6-10H,3-5H2,1-2H3. The van der Waals surface area contributed by atoms with Crippen molar-refractivity contribution in [3.8, 4) is 0 Å². The van der Waals surface area contributed by atoms with Crippen LogP contribution in [0.25, 0.3) is 0 Å². The largest absolute Gasteiger partial charge is 0.392 e. The molecule has 0 saturated carbocycles. The fraction of sp³-hybridized carbons (Fsp3) is 1.00. The summed E-state index contributed by atoms with van der Waals surface area (Å²) >= 11 is 0. The van der Waals surface area contributed by atoms with Crippen molar-refractivity contribution in [1.82, 2.24) is 14.8 Å². The Labute approximate surface area is 78.9 Å². The minimum absolute atomic E-state index is 0.301. The number of aliphatic hydroxyl groups is 1. The lowest BCUT2D eigenvalue weighted by Crippen LogP contribution is -2.39. The lowest BCUT2D eigenvalue weighted by Gasteiger charge is -2.07. The summed E-state index contributed by atoms with van der Waals surface area (Å²) in [6, 6.07) is 0. The van der Waals surface area contributed by atoms with Crippen LogP contribution in [0.3, 0.4) is 0 Å². The molecule has 13 heavy (non-hydrogen) atoms. The lowest BCUT2D eigenvalue weighted by molar-refractivity contribution is 0.192. The van der Waals surface area contributed by atoms with E-state index in [0.29, 0.717) is 19.6 Å². The Balaban J connectivity index is 3.37. The van der Waals surface area contributed by atoms with Crippen molar-refractivity contribution in [2.75, 3.05) is 26.7 Å². The average molecular weight is 211 g/mol. The Morgan fingerprint density at radius 2 is 2.00 bits per heavy atom. The molecule has 0 heterocycles. The highest BCUT2D eigenvalue weighted by atomic mass is 32.2. The van der Waals surface area contributed by atoms with E-state index < -0.39 is 16.3 Å². The average Bonchev–Trinajstić information content (AvgIpc) is 2.03. The van der Waals surface area contributed by atoms with Gasteiger partial charge in [-0.05, 0) is 6.92 Å². The molecule has 0 aliphatic carbocycles. The second kappa shape index (κ2) is 6.28. The van der Waals surface area contributed by atoms with E-state index in [1.54, 1.807) is 6.92 Å². The molecule has 1 unspecified atom stereocenters. The molecule has 1 atom stereocenters. The van der Waals surface area contributed by atoms with Gasteiger partial charge in [-0.2, -0.15) is 8.42 Å². The third-order valence-electron chi connectivity index (χ3n) is 1.30. The maximum Gasteiger partial charge on any atom is 0.276 e. The van der Waals surface area contributed by atoms with Crippen molar-refractivity contribution in [2.24, 2.45) is 0 Å². The van der Waals surface area contributed by atoms with Crippen LogP contribution in [0.1, 0.15) is 6.92 Å². The minimum atomic E-state index is -3.32. The summed E-state index contributed by atoms with van der Waals surface area (Å²) in [6.45, 7) is 2.91. The number of nitrogens with one attached hydrogen (secondary N) is 3. The second-order valence-corrected chi connectivity index (χ2v) is 4.36. The Kier molecular flexibility index (Phi) is 6.17. The predicted molar refractivity (Wildman–Crippen MR) is 50.5 cm³/mol. The molecule has 80 valence electrons. The monoisotopic (exact) mass is 211 g/mol. The molecule has 0 aliphatic heterocycles. The molecular formula is C6H17N3O3S. The highest BCUT2D eigenvalue weighted by Gasteiger charge is 2.03. The van der Waals surface area contributed by atoms with E-state index in [-0.39, 0.29) is 0 Å². The van der Waals surface area contributed by atoms with Gasteiger partial charge in [0.05, 0.1) is 6.10 Å². The lowest BCUT2D eigenvalue weighted by atomic mass is 10.4. The summed E-state index contributed by atoms with van der Waals surface area (Å²) in [7, 11) is -1.98. The van der Waals surface area contributed by atoms with Crippen LogP contribution in [-0.4, -0.2) is 46.3 Å². The molecule has 0 aromatic carbocycles. The van der Waals surface area contributed by atoms with Gasteiger partial charge < -0.3 is 10.4 Å². The Hall–Kier alpha value is -0.210. The fourth-order valence-corrected chi connectivity index (χ4v) is 1.17. The van der Waals surface area contributed by atoms with Gasteiger partial charge in [-0.1, -0.05) is 0 Å². The highest BCUT2D eigenvalue weighted by Crippen LogP contribution is 1.74. The molecular weight excluding hydrogens is 194 g/mol. The summed E-state index contributed by atoms with van der Waals surface area (Å²) < 4.78 is 26.0. The van der Waals surface area contributed by atoms with E-state index in [2.05, 4.69) is 14.8 Å². The maximum absolute atomic E-state index is 10.8. The van der Waals surface area contributed by atoms with Crippen LogP contribution in [0.15, 0.2) is 0 Å². The molecule has 0 aromatic rings. The highest BCUT2D eigenvalue weighted by molar-refractivity contribution is 7.87. The van der Waals surface area contributed by atoms with Crippen LogP contribution in [-0.2, 0) is 10.2 Å². The summed E-state index contributed by atoms with van der Waals surface area (Å²) in [5, 5.41) is 11.7. The topological polar surface area (TPSA) is 90.5 Å². The summed E-state index contributed by atoms with van der Waals surface area (Å²) in [6.07, 6.45) is -0.416. The Bertz CT molecular complexity index is 215. The Morgan fingerprint density at radius 3 is 2.46 bits per heavy atom. The molecule has 4 N–H and O–H groups in total. The summed E-state index contributed by atoms with van der Waals surface area (Å²) in [4.78, 5) is 0. The van der Waals surface area contributed by atoms with Crippen LogP contribution >= 0.6 is 0 Å².